The number of likely N-dealkylation sites (tertiary alicyclic amines) is 2. The predicted molar refractivity (Wildman–Crippen MR) is 111 cm³/mol. The zero-order valence-electron chi connectivity index (χ0n) is 19.2. The number of rotatable bonds is 11. The molecule has 0 spiro atoms. The Morgan fingerprint density at radius 2 is 0.781 bits per heavy atom. The minimum atomic E-state index is -6.00. The Morgan fingerprint density at radius 1 is 0.531 bits per heavy atom. The van der Waals surface area contributed by atoms with Crippen LogP contribution in [0.1, 0.15) is 39.5 Å². The first-order chi connectivity index (χ1) is 14.7. The Kier molecular flexibility index (Phi) is 15.1. The molecule has 0 atom stereocenters. The molecule has 0 amide bonds. The van der Waals surface area contributed by atoms with Gasteiger partial charge in [-0.15, -0.1) is 0 Å². The fourth-order valence-corrected chi connectivity index (χ4v) is 4.25. The summed E-state index contributed by atoms with van der Waals surface area (Å²) in [6.45, 7) is 18.3. The molecule has 2 aliphatic heterocycles. The maximum absolute atomic E-state index is 9.75. The van der Waals surface area contributed by atoms with Gasteiger partial charge in [0.1, 0.15) is 13.1 Å². The Bertz CT molecular complexity index is 419. The lowest BCUT2D eigenvalue weighted by molar-refractivity contribution is -0.915. The van der Waals surface area contributed by atoms with Crippen molar-refractivity contribution < 1.29 is 53.0 Å². The maximum Gasteiger partial charge on any atom is 0.673 e. The quantitative estimate of drug-likeness (QED) is 0.179. The normalized spacial score (nSPS) is 19.7. The predicted octanol–water partition coefficient (Wildman–Crippen LogP) is 4.88. The van der Waals surface area contributed by atoms with E-state index in [1.54, 1.807) is 0 Å². The Labute approximate surface area is 186 Å². The fourth-order valence-electron chi connectivity index (χ4n) is 4.25. The molecule has 0 aliphatic carbocycles. The highest BCUT2D eigenvalue weighted by molar-refractivity contribution is 6.50. The average Bonchev–Trinajstić information content (AvgIpc) is 3.32. The van der Waals surface area contributed by atoms with Crippen LogP contribution in [-0.2, 0) is 9.47 Å². The van der Waals surface area contributed by atoms with Crippen LogP contribution >= 0.6 is 0 Å². The second-order valence-corrected chi connectivity index (χ2v) is 8.29. The number of nitrogens with zero attached hydrogens (tertiary/aromatic N) is 2. The van der Waals surface area contributed by atoms with Crippen LogP contribution in [-0.4, -0.2) is 102 Å². The van der Waals surface area contributed by atoms with E-state index in [9.17, 15) is 34.5 Å². The first-order valence-electron chi connectivity index (χ1n) is 11.3. The molecule has 0 aromatic rings. The molecule has 32 heavy (non-hydrogen) atoms. The van der Waals surface area contributed by atoms with E-state index in [4.69, 9.17) is 9.47 Å². The van der Waals surface area contributed by atoms with Crippen LogP contribution in [0.3, 0.4) is 0 Å². The van der Waals surface area contributed by atoms with Crippen LogP contribution in [0.5, 0.6) is 0 Å². The van der Waals surface area contributed by atoms with Crippen molar-refractivity contribution in [1.29, 1.82) is 0 Å². The molecular formula is C18H38B2F8N2O2. The van der Waals surface area contributed by atoms with Crippen molar-refractivity contribution in [2.45, 2.75) is 39.5 Å². The highest BCUT2D eigenvalue weighted by atomic mass is 19.5. The molecule has 2 rings (SSSR count). The van der Waals surface area contributed by atoms with Crippen molar-refractivity contribution in [3.8, 4) is 0 Å². The monoisotopic (exact) mass is 488 g/mol. The topological polar surface area (TPSA) is 18.5 Å². The van der Waals surface area contributed by atoms with Crippen LogP contribution < -0.4 is 0 Å². The van der Waals surface area contributed by atoms with Gasteiger partial charge >= 0.3 is 14.5 Å². The van der Waals surface area contributed by atoms with Gasteiger partial charge in [0.2, 0.25) is 0 Å². The second kappa shape index (κ2) is 15.3. The number of halogens is 8. The van der Waals surface area contributed by atoms with Gasteiger partial charge in [-0.2, -0.15) is 0 Å². The minimum absolute atomic E-state index is 0.760. The third-order valence-corrected chi connectivity index (χ3v) is 6.16. The third kappa shape index (κ3) is 17.9. The molecular weight excluding hydrogens is 450 g/mol. The Morgan fingerprint density at radius 3 is 1.00 bits per heavy atom. The van der Waals surface area contributed by atoms with E-state index < -0.39 is 14.5 Å². The lowest BCUT2D eigenvalue weighted by Crippen LogP contribution is -2.47. The summed E-state index contributed by atoms with van der Waals surface area (Å²) in [6.07, 6.45) is 5.59. The van der Waals surface area contributed by atoms with E-state index in [2.05, 4.69) is 13.8 Å². The SMILES string of the molecule is CC[N+]1(CCOCCOCC[N+]2(CC)CCCC2)CCCC1.F[B-](F)(F)F.F[B-](F)(F)F. The van der Waals surface area contributed by atoms with Gasteiger partial charge in [-0.3, -0.25) is 0 Å². The minimum Gasteiger partial charge on any atom is -0.418 e. The Hall–Kier alpha value is -0.590. The van der Waals surface area contributed by atoms with E-state index in [1.807, 2.05) is 0 Å². The van der Waals surface area contributed by atoms with Crippen molar-refractivity contribution in [2.75, 3.05) is 78.8 Å². The zero-order chi connectivity index (χ0) is 24.7. The second-order valence-electron chi connectivity index (χ2n) is 8.29. The van der Waals surface area contributed by atoms with Crippen molar-refractivity contribution in [3.05, 3.63) is 0 Å². The van der Waals surface area contributed by atoms with Crippen LogP contribution in [0.4, 0.5) is 34.5 Å². The first-order valence-corrected chi connectivity index (χ1v) is 11.3. The summed E-state index contributed by atoms with van der Waals surface area (Å²) in [4.78, 5) is 0. The molecule has 0 bridgehead atoms. The van der Waals surface area contributed by atoms with Crippen molar-refractivity contribution in [3.63, 3.8) is 0 Å². The number of hydrogen-bond acceptors (Lipinski definition) is 2. The van der Waals surface area contributed by atoms with Crippen LogP contribution in [0, 0.1) is 0 Å². The maximum atomic E-state index is 9.75. The molecule has 0 saturated carbocycles. The summed E-state index contributed by atoms with van der Waals surface area (Å²) in [7, 11) is -12.0. The molecule has 0 aromatic carbocycles. The van der Waals surface area contributed by atoms with Gasteiger partial charge in [0.25, 0.3) is 0 Å². The molecule has 14 heteroatoms. The van der Waals surface area contributed by atoms with Crippen molar-refractivity contribution in [2.24, 2.45) is 0 Å². The molecule has 0 radical (unpaired) electrons. The van der Waals surface area contributed by atoms with Crippen LogP contribution in [0.15, 0.2) is 0 Å². The molecule has 2 saturated heterocycles. The standard InChI is InChI=1S/C18H38N2O2.2BF4/c1-3-19(9-5-6-10-19)13-15-21-17-18-22-16-14-20(4-2)11-7-8-12-20;2*2-1(3,4)5/h3-18H2,1-2H3;;/q+2;2*-1. The van der Waals surface area contributed by atoms with E-state index in [-0.39, 0.29) is 0 Å². The van der Waals surface area contributed by atoms with Gasteiger partial charge < -0.3 is 53.0 Å². The molecule has 194 valence electrons. The summed E-state index contributed by atoms with van der Waals surface area (Å²) in [5.41, 5.74) is 0. The summed E-state index contributed by atoms with van der Waals surface area (Å²) < 4.78 is 92.2. The van der Waals surface area contributed by atoms with Crippen LogP contribution in [0.2, 0.25) is 0 Å². The average molecular weight is 488 g/mol. The van der Waals surface area contributed by atoms with Crippen LogP contribution in [0.25, 0.3) is 0 Å². The number of likely N-dealkylation sites (N-methyl/N-ethyl adjacent to an activating group) is 2. The third-order valence-electron chi connectivity index (χ3n) is 6.16. The highest BCUT2D eigenvalue weighted by Crippen LogP contribution is 2.19. The summed E-state index contributed by atoms with van der Waals surface area (Å²) in [5, 5.41) is 0. The highest BCUT2D eigenvalue weighted by Gasteiger charge is 2.30. The van der Waals surface area contributed by atoms with E-state index >= 15 is 0 Å². The molecule has 4 nitrogen and oxygen atoms in total. The lowest BCUT2D eigenvalue weighted by atomic mass is 10.3. The van der Waals surface area contributed by atoms with Crippen molar-refractivity contribution >= 4 is 14.5 Å². The largest absolute Gasteiger partial charge is 0.673 e. The van der Waals surface area contributed by atoms with E-state index in [0.29, 0.717) is 0 Å². The van der Waals surface area contributed by atoms with Gasteiger partial charge in [0, 0.05) is 25.7 Å². The summed E-state index contributed by atoms with van der Waals surface area (Å²) in [6, 6.07) is 0. The molecule has 2 fully saturated rings. The lowest BCUT2D eigenvalue weighted by Gasteiger charge is -2.33. The number of hydrogen-bond donors (Lipinski definition) is 0. The molecule has 0 N–H and O–H groups in total. The first kappa shape index (κ1) is 31.4. The molecule has 0 aromatic heterocycles. The van der Waals surface area contributed by atoms with Gasteiger partial charge in [0.15, 0.2) is 0 Å². The summed E-state index contributed by atoms with van der Waals surface area (Å²) >= 11 is 0. The van der Waals surface area contributed by atoms with E-state index in [0.717, 1.165) is 26.4 Å². The molecule has 2 heterocycles. The number of quaternary nitrogens is 2. The number of ether oxygens (including phenoxy) is 2. The molecule has 0 unspecified atom stereocenters. The van der Waals surface area contributed by atoms with Gasteiger partial charge in [-0.25, -0.2) is 0 Å². The summed E-state index contributed by atoms with van der Waals surface area (Å²) in [5.74, 6) is 0. The molecule has 2 aliphatic rings. The smallest absolute Gasteiger partial charge is 0.418 e. The Balaban J connectivity index is 0.000000805. The van der Waals surface area contributed by atoms with Gasteiger partial charge in [0.05, 0.1) is 65.7 Å². The van der Waals surface area contributed by atoms with Gasteiger partial charge in [-0.05, 0) is 13.8 Å². The van der Waals surface area contributed by atoms with E-state index in [1.165, 1.54) is 87.0 Å². The fraction of sp³-hybridized carbons (Fsp3) is 1.00. The van der Waals surface area contributed by atoms with Crippen molar-refractivity contribution in [1.82, 2.24) is 0 Å². The zero-order valence-corrected chi connectivity index (χ0v) is 19.2. The van der Waals surface area contributed by atoms with Gasteiger partial charge in [-0.1, -0.05) is 0 Å².